The molecule has 0 unspecified atom stereocenters. The minimum absolute atomic E-state index is 0. The third-order valence-electron chi connectivity index (χ3n) is 5.65. The molecule has 0 saturated heterocycles. The van der Waals surface area contributed by atoms with Crippen molar-refractivity contribution in [3.05, 3.63) is 0 Å². The van der Waals surface area contributed by atoms with E-state index in [1.807, 2.05) is 0 Å². The maximum Gasteiger partial charge on any atom is -0.412 e. The molecule has 0 saturated carbocycles. The smallest absolute Gasteiger partial charge is 0.412 e. The van der Waals surface area contributed by atoms with Crippen LogP contribution in [0.2, 0.25) is 11.9 Å². The van der Waals surface area contributed by atoms with E-state index < -0.39 is 22.7 Å². The van der Waals surface area contributed by atoms with Gasteiger partial charge in [-0.05, 0) is 0 Å². The molecule has 0 heterocycles. The molecule has 2 N–H and O–H groups in total. The molecule has 2 heteroatoms. The van der Waals surface area contributed by atoms with Gasteiger partial charge in [-0.3, -0.25) is 0 Å². The summed E-state index contributed by atoms with van der Waals surface area (Å²) >= 11 is -1.19. The van der Waals surface area contributed by atoms with Gasteiger partial charge in [-0.1, -0.05) is 0 Å². The van der Waals surface area contributed by atoms with Gasteiger partial charge in [0.1, 0.15) is 0 Å². The van der Waals surface area contributed by atoms with E-state index in [0.29, 0.717) is 0 Å². The first-order valence-corrected chi connectivity index (χ1v) is 20.4. The minimum atomic E-state index is -1.19. The Hall–Kier alpha value is 0.882. The fourth-order valence-corrected chi connectivity index (χ4v) is 15.5. The van der Waals surface area contributed by atoms with Gasteiger partial charge in [-0.2, -0.15) is 0 Å². The van der Waals surface area contributed by atoms with Crippen molar-refractivity contribution in [2.75, 3.05) is 0 Å². The van der Waals surface area contributed by atoms with Crippen molar-refractivity contribution < 1.29 is 5.48 Å². The topological polar surface area (TPSA) is 31.5 Å². The molecule has 0 fully saturated rings. The van der Waals surface area contributed by atoms with E-state index in [1.54, 1.807) is 50.5 Å². The first kappa shape index (κ1) is 29.1. The summed E-state index contributed by atoms with van der Waals surface area (Å²) in [5, 5.41) is 0. The minimum Gasteiger partial charge on any atom is -0.412 e. The van der Waals surface area contributed by atoms with Gasteiger partial charge in [0.15, 0.2) is 0 Å². The van der Waals surface area contributed by atoms with Crippen molar-refractivity contribution in [1.29, 1.82) is 0 Å². The normalized spacial score (nSPS) is 11.1. The first-order valence-electron chi connectivity index (χ1n) is 12.2. The van der Waals surface area contributed by atoms with E-state index in [1.165, 1.54) is 77.0 Å². The fourth-order valence-electron chi connectivity index (χ4n) is 3.84. The first-order chi connectivity index (χ1) is 12.3. The van der Waals surface area contributed by atoms with Crippen LogP contribution in [0, 0.1) is 0 Å². The average Bonchev–Trinajstić information content (AvgIpc) is 2.63. The maximum atomic E-state index is 2.33. The molecule has 1 radical (unpaired) electrons. The van der Waals surface area contributed by atoms with Crippen LogP contribution in [0.25, 0.3) is 0 Å². The second-order valence-electron chi connectivity index (χ2n) is 8.30. The third kappa shape index (κ3) is 22.9. The monoisotopic (exact) mass is 565 g/mol. The third-order valence-corrected chi connectivity index (χ3v) is 18.0. The summed E-state index contributed by atoms with van der Waals surface area (Å²) in [7, 11) is 0. The second kappa shape index (κ2) is 25.9. The summed E-state index contributed by atoms with van der Waals surface area (Å²) < 4.78 is 5.21. The van der Waals surface area contributed by atoms with Gasteiger partial charge in [0.05, 0.1) is 0 Å². The van der Waals surface area contributed by atoms with E-state index in [0.717, 1.165) is 0 Å². The van der Waals surface area contributed by atoms with Crippen molar-refractivity contribution in [3.63, 3.8) is 0 Å². The predicted molar refractivity (Wildman–Crippen MR) is 124 cm³/mol. The van der Waals surface area contributed by atoms with Crippen molar-refractivity contribution in [2.45, 2.75) is 148 Å². The van der Waals surface area contributed by atoms with Gasteiger partial charge in [-0.15, -0.1) is 0 Å². The summed E-state index contributed by atoms with van der Waals surface area (Å²) in [4.78, 5) is 0. The van der Waals surface area contributed by atoms with Crippen molar-refractivity contribution in [1.82, 2.24) is 0 Å². The predicted octanol–water partition coefficient (Wildman–Crippen LogP) is 8.74. The van der Waals surface area contributed by atoms with Crippen molar-refractivity contribution >= 4 is 22.7 Å². The summed E-state index contributed by atoms with van der Waals surface area (Å²) in [6.07, 6.45) is 27.0. The zero-order chi connectivity index (χ0) is 18.4. The SMILES string of the molecule is CCCCCCC[CH2][Pb]([CH2]CCCCCCC)[CH2]CCCCCCC.O. The van der Waals surface area contributed by atoms with E-state index >= 15 is 0 Å². The van der Waals surface area contributed by atoms with Crippen molar-refractivity contribution in [2.24, 2.45) is 0 Å². The molecule has 0 spiro atoms. The van der Waals surface area contributed by atoms with E-state index in [2.05, 4.69) is 20.8 Å². The molecule has 0 aliphatic rings. The van der Waals surface area contributed by atoms with Crippen LogP contribution in [0.3, 0.4) is 0 Å². The van der Waals surface area contributed by atoms with E-state index in [-0.39, 0.29) is 5.48 Å². The molecule has 159 valence electrons. The van der Waals surface area contributed by atoms with Crippen LogP contribution in [0.5, 0.6) is 0 Å². The largest absolute Gasteiger partial charge is 0.412 e. The standard InChI is InChI=1S/3C8H17.H2O.Pb/c3*1-3-5-7-8-6-4-2;;/h3*1,3-8H2,2H3;1H2;. The molecule has 1 nitrogen and oxygen atoms in total. The molecule has 0 rings (SSSR count). The van der Waals surface area contributed by atoms with Crippen LogP contribution >= 0.6 is 0 Å². The molecule has 0 aromatic carbocycles. The summed E-state index contributed by atoms with van der Waals surface area (Å²) in [6, 6.07) is 0. The molecular weight excluding hydrogens is 511 g/mol. The Morgan fingerprint density at radius 3 is 0.846 bits per heavy atom. The molecule has 26 heavy (non-hydrogen) atoms. The Labute approximate surface area is 175 Å². The number of rotatable bonds is 21. The molecule has 0 atom stereocenters. The molecule has 0 aromatic heterocycles. The van der Waals surface area contributed by atoms with Crippen molar-refractivity contribution in [3.8, 4) is 0 Å². The molecule has 0 aliphatic heterocycles. The van der Waals surface area contributed by atoms with Crippen LogP contribution in [0.4, 0.5) is 0 Å². The van der Waals surface area contributed by atoms with Crippen LogP contribution in [-0.2, 0) is 0 Å². The Kier molecular flexibility index (Phi) is 29.0. The van der Waals surface area contributed by atoms with Gasteiger partial charge in [0, 0.05) is 0 Å². The molecule has 0 bridgehead atoms. The average molecular weight is 565 g/mol. The number of hydrogen-bond donors (Lipinski definition) is 0. The molecular formula is C24H53OPb. The summed E-state index contributed by atoms with van der Waals surface area (Å²) in [5.41, 5.74) is 0. The summed E-state index contributed by atoms with van der Waals surface area (Å²) in [5.74, 6) is 0. The number of unbranched alkanes of at least 4 members (excludes halogenated alkanes) is 15. The molecule has 0 aromatic rings. The van der Waals surface area contributed by atoms with Gasteiger partial charge in [0.25, 0.3) is 0 Å². The Morgan fingerprint density at radius 1 is 0.346 bits per heavy atom. The maximum absolute atomic E-state index is 2.33. The quantitative estimate of drug-likeness (QED) is 0.0986. The Balaban J connectivity index is 0. The van der Waals surface area contributed by atoms with Gasteiger partial charge >= 0.3 is 171 Å². The Bertz CT molecular complexity index is 194. The van der Waals surface area contributed by atoms with Gasteiger partial charge in [-0.25, -0.2) is 0 Å². The van der Waals surface area contributed by atoms with Crippen LogP contribution < -0.4 is 0 Å². The van der Waals surface area contributed by atoms with E-state index in [9.17, 15) is 0 Å². The van der Waals surface area contributed by atoms with E-state index in [4.69, 9.17) is 0 Å². The summed E-state index contributed by atoms with van der Waals surface area (Å²) in [6.45, 7) is 6.98. The fraction of sp³-hybridized carbons (Fsp3) is 1.00. The van der Waals surface area contributed by atoms with Crippen LogP contribution in [0.1, 0.15) is 136 Å². The zero-order valence-electron chi connectivity index (χ0n) is 18.8. The second-order valence-corrected chi connectivity index (χ2v) is 20.0. The van der Waals surface area contributed by atoms with Gasteiger partial charge < -0.3 is 5.48 Å². The zero-order valence-corrected chi connectivity index (χ0v) is 22.7. The van der Waals surface area contributed by atoms with Crippen LogP contribution in [0.15, 0.2) is 0 Å². The molecule has 0 aliphatic carbocycles. The molecule has 0 amide bonds. The Morgan fingerprint density at radius 2 is 0.577 bits per heavy atom. The number of hydrogen-bond acceptors (Lipinski definition) is 0. The van der Waals surface area contributed by atoms with Gasteiger partial charge in [0.2, 0.25) is 0 Å². The van der Waals surface area contributed by atoms with Crippen LogP contribution in [-0.4, -0.2) is 28.2 Å².